The predicted molar refractivity (Wildman–Crippen MR) is 209 cm³/mol. The highest BCUT2D eigenvalue weighted by atomic mass is 16.5. The highest BCUT2D eigenvalue weighted by Crippen LogP contribution is 2.67. The zero-order valence-electron chi connectivity index (χ0n) is 33.9. The van der Waals surface area contributed by atoms with Crippen molar-refractivity contribution < 1.29 is 14.3 Å². The fourth-order valence-corrected chi connectivity index (χ4v) is 11.3. The third-order valence-electron chi connectivity index (χ3n) is 14.6. The molecule has 0 aromatic carbocycles. The van der Waals surface area contributed by atoms with E-state index in [4.69, 9.17) is 10.5 Å². The Bertz CT molecular complexity index is 1110. The second-order valence-electron chi connectivity index (χ2n) is 18.8. The molecule has 6 heteroatoms. The van der Waals surface area contributed by atoms with E-state index in [1.807, 2.05) is 11.8 Å². The van der Waals surface area contributed by atoms with Crippen molar-refractivity contribution in [3.8, 4) is 0 Å². The molecule has 3 fully saturated rings. The molecule has 4 aliphatic rings. The molecule has 6 nitrogen and oxygen atoms in total. The summed E-state index contributed by atoms with van der Waals surface area (Å²) in [6, 6.07) is 0. The zero-order chi connectivity index (χ0) is 36.5. The molecule has 288 valence electrons. The highest BCUT2D eigenvalue weighted by molar-refractivity contribution is 5.77. The molecule has 4 rings (SSSR count). The number of carbonyl (C=O) groups is 2. The fraction of sp³-hybridized carbons (Fsp3) is 0.909. The number of nitrogens with one attached hydrogen (secondary N) is 1. The van der Waals surface area contributed by atoms with Gasteiger partial charge in [-0.25, -0.2) is 0 Å². The van der Waals surface area contributed by atoms with Crippen molar-refractivity contribution in [2.45, 2.75) is 183 Å². The number of esters is 1. The van der Waals surface area contributed by atoms with E-state index in [0.29, 0.717) is 31.2 Å². The molecular weight excluding hydrogens is 619 g/mol. The Balaban J connectivity index is 1.18. The van der Waals surface area contributed by atoms with Crippen LogP contribution in [0.2, 0.25) is 0 Å². The number of hydrogen-bond acceptors (Lipinski definition) is 5. The normalized spacial score (nSPS) is 31.4. The van der Waals surface area contributed by atoms with Crippen LogP contribution in [0.3, 0.4) is 0 Å². The molecule has 0 heterocycles. The molecule has 0 aromatic heterocycles. The van der Waals surface area contributed by atoms with Gasteiger partial charge in [0.2, 0.25) is 5.91 Å². The van der Waals surface area contributed by atoms with E-state index < -0.39 is 0 Å². The molecule has 0 spiro atoms. The van der Waals surface area contributed by atoms with Crippen molar-refractivity contribution in [3.05, 3.63) is 11.6 Å². The van der Waals surface area contributed by atoms with Gasteiger partial charge in [0.1, 0.15) is 6.10 Å². The van der Waals surface area contributed by atoms with Gasteiger partial charge in [0.25, 0.3) is 0 Å². The Hall–Kier alpha value is -1.40. The van der Waals surface area contributed by atoms with Crippen molar-refractivity contribution in [3.63, 3.8) is 0 Å². The number of unbranched alkanes of at least 4 members (excludes halogenated alkanes) is 1. The highest BCUT2D eigenvalue weighted by Gasteiger charge is 2.58. The summed E-state index contributed by atoms with van der Waals surface area (Å²) in [6.45, 7) is 22.0. The Morgan fingerprint density at radius 3 is 2.48 bits per heavy atom. The molecule has 0 radical (unpaired) electrons. The van der Waals surface area contributed by atoms with Crippen molar-refractivity contribution in [1.29, 1.82) is 0 Å². The number of allylic oxidation sites excluding steroid dienone is 1. The molecule has 0 aromatic rings. The Labute approximate surface area is 308 Å². The summed E-state index contributed by atoms with van der Waals surface area (Å²) in [7, 11) is 0. The maximum absolute atomic E-state index is 12.9. The maximum atomic E-state index is 12.9. The van der Waals surface area contributed by atoms with Crippen LogP contribution in [0.25, 0.3) is 0 Å². The summed E-state index contributed by atoms with van der Waals surface area (Å²) in [5.74, 6) is 5.14. The standard InChI is InChI=1S/C44H79N3O3/c1-9-33(32(3)4)15-13-16-34-20-22-38-37-21-19-35-31-36(23-25-44(35,8)39(37)24-26-43(34,38)7)50-41(49)18-14-17-40(48)47(10-2)30-12-11-28-46-29-27-42(5,6)45/h19,32-34,36-39,46H,9-18,20-31,45H2,1-8H3. The second-order valence-corrected chi connectivity index (χ2v) is 18.8. The van der Waals surface area contributed by atoms with Gasteiger partial charge in [-0.15, -0.1) is 0 Å². The molecule has 4 aliphatic carbocycles. The molecule has 0 bridgehead atoms. The van der Waals surface area contributed by atoms with E-state index in [1.54, 1.807) is 5.57 Å². The van der Waals surface area contributed by atoms with E-state index in [-0.39, 0.29) is 28.9 Å². The minimum atomic E-state index is -0.136. The lowest BCUT2D eigenvalue weighted by Gasteiger charge is -2.58. The summed E-state index contributed by atoms with van der Waals surface area (Å²) in [5, 5.41) is 3.46. The SMILES string of the molecule is CCC(CCCC1CCC2C3CC=C4CC(OC(=O)CCCC(=O)N(CC)CCCCNCCC(C)(C)N)CCC4(C)C3CCC12C)C(C)C. The molecular formula is C44H79N3O3. The topological polar surface area (TPSA) is 84.7 Å². The minimum absolute atomic E-state index is 0.00625. The van der Waals surface area contributed by atoms with Crippen molar-refractivity contribution in [2.75, 3.05) is 26.2 Å². The number of nitrogens with zero attached hydrogens (tertiary/aromatic N) is 1. The Morgan fingerprint density at radius 2 is 1.78 bits per heavy atom. The van der Waals surface area contributed by atoms with E-state index in [2.05, 4.69) is 59.9 Å². The smallest absolute Gasteiger partial charge is 0.306 e. The van der Waals surface area contributed by atoms with Crippen LogP contribution in [-0.2, 0) is 14.3 Å². The van der Waals surface area contributed by atoms with Gasteiger partial charge in [-0.2, -0.15) is 0 Å². The number of amides is 1. The number of rotatable bonds is 20. The van der Waals surface area contributed by atoms with Gasteiger partial charge in [-0.05, 0) is 157 Å². The van der Waals surface area contributed by atoms with E-state index in [0.717, 1.165) is 93.7 Å². The lowest BCUT2D eigenvalue weighted by atomic mass is 9.47. The monoisotopic (exact) mass is 698 g/mol. The predicted octanol–water partition coefficient (Wildman–Crippen LogP) is 9.85. The first-order valence-electron chi connectivity index (χ1n) is 21.4. The van der Waals surface area contributed by atoms with Crippen molar-refractivity contribution in [1.82, 2.24) is 10.2 Å². The van der Waals surface area contributed by atoms with Crippen molar-refractivity contribution >= 4 is 11.9 Å². The van der Waals surface area contributed by atoms with Crippen LogP contribution in [-0.4, -0.2) is 54.6 Å². The molecule has 3 N–H and O–H groups in total. The molecule has 3 saturated carbocycles. The molecule has 0 aliphatic heterocycles. The van der Waals surface area contributed by atoms with Crippen LogP contribution in [0.5, 0.6) is 0 Å². The number of ether oxygens (including phenoxy) is 1. The van der Waals surface area contributed by atoms with Crippen LogP contribution in [0.4, 0.5) is 0 Å². The average Bonchev–Trinajstić information content (AvgIpc) is 3.39. The van der Waals surface area contributed by atoms with Crippen LogP contribution < -0.4 is 11.1 Å². The van der Waals surface area contributed by atoms with Gasteiger partial charge in [-0.1, -0.05) is 65.5 Å². The third-order valence-corrected chi connectivity index (χ3v) is 14.6. The maximum Gasteiger partial charge on any atom is 0.306 e. The van der Waals surface area contributed by atoms with E-state index in [1.165, 1.54) is 57.8 Å². The lowest BCUT2D eigenvalue weighted by molar-refractivity contribution is -0.151. The van der Waals surface area contributed by atoms with Crippen molar-refractivity contribution in [2.24, 2.45) is 52.1 Å². The van der Waals surface area contributed by atoms with Crippen LogP contribution >= 0.6 is 0 Å². The average molecular weight is 698 g/mol. The van der Waals surface area contributed by atoms with Gasteiger partial charge in [0.15, 0.2) is 0 Å². The largest absolute Gasteiger partial charge is 0.462 e. The van der Waals surface area contributed by atoms with Gasteiger partial charge in [-0.3, -0.25) is 9.59 Å². The van der Waals surface area contributed by atoms with Crippen LogP contribution in [0, 0.1) is 46.3 Å². The number of nitrogens with two attached hydrogens (primary N) is 1. The fourth-order valence-electron chi connectivity index (χ4n) is 11.3. The molecule has 8 atom stereocenters. The Morgan fingerprint density at radius 1 is 1.00 bits per heavy atom. The second kappa shape index (κ2) is 18.6. The Kier molecular flexibility index (Phi) is 15.4. The molecule has 50 heavy (non-hydrogen) atoms. The molecule has 8 unspecified atom stereocenters. The number of fused-ring (bicyclic) bond motifs is 5. The molecule has 1 amide bonds. The van der Waals surface area contributed by atoms with Gasteiger partial charge < -0.3 is 20.7 Å². The summed E-state index contributed by atoms with van der Waals surface area (Å²) in [6.07, 6.45) is 22.4. The zero-order valence-corrected chi connectivity index (χ0v) is 33.9. The molecule has 0 saturated heterocycles. The summed E-state index contributed by atoms with van der Waals surface area (Å²) in [4.78, 5) is 27.7. The lowest BCUT2D eigenvalue weighted by Crippen LogP contribution is -2.50. The van der Waals surface area contributed by atoms with Crippen LogP contribution in [0.1, 0.15) is 171 Å². The van der Waals surface area contributed by atoms with Gasteiger partial charge >= 0.3 is 5.97 Å². The number of carbonyl (C=O) groups excluding carboxylic acids is 2. The first-order chi connectivity index (χ1) is 23.7. The van der Waals surface area contributed by atoms with Gasteiger partial charge in [0, 0.05) is 37.9 Å². The quantitative estimate of drug-likeness (QED) is 0.0752. The first kappa shape index (κ1) is 41.4. The minimum Gasteiger partial charge on any atom is -0.462 e. The first-order valence-corrected chi connectivity index (χ1v) is 21.4. The summed E-state index contributed by atoms with van der Waals surface area (Å²) >= 11 is 0. The van der Waals surface area contributed by atoms with E-state index in [9.17, 15) is 9.59 Å². The summed E-state index contributed by atoms with van der Waals surface area (Å²) in [5.41, 5.74) is 8.29. The van der Waals surface area contributed by atoms with E-state index >= 15 is 0 Å². The summed E-state index contributed by atoms with van der Waals surface area (Å²) < 4.78 is 6.08. The van der Waals surface area contributed by atoms with Crippen LogP contribution in [0.15, 0.2) is 11.6 Å². The third kappa shape index (κ3) is 10.6. The number of hydrogen-bond donors (Lipinski definition) is 2. The van der Waals surface area contributed by atoms with Gasteiger partial charge in [0.05, 0.1) is 0 Å².